The summed E-state index contributed by atoms with van der Waals surface area (Å²) in [5.74, 6) is 1.16. The zero-order valence-corrected chi connectivity index (χ0v) is 40.2. The van der Waals surface area contributed by atoms with E-state index in [2.05, 4.69) is 13.8 Å². The molecule has 0 heterocycles. The van der Waals surface area contributed by atoms with Crippen LogP contribution < -0.4 is 14.6 Å². The number of hydrogen-bond acceptors (Lipinski definition) is 9. The van der Waals surface area contributed by atoms with Gasteiger partial charge in [-0.05, 0) is 91.4 Å². The second-order valence-corrected chi connectivity index (χ2v) is 18.3. The van der Waals surface area contributed by atoms with Crippen molar-refractivity contribution in [2.75, 3.05) is 0 Å². The molecular weight excluding hydrogens is 841 g/mol. The quantitative estimate of drug-likeness (QED) is 0.0317. The smallest absolute Gasteiger partial charge is 0.870 e. The Kier molecular flexibility index (Phi) is 27.0. The van der Waals surface area contributed by atoms with Crippen LogP contribution in [0.1, 0.15) is 153 Å². The van der Waals surface area contributed by atoms with Crippen molar-refractivity contribution in [2.45, 2.75) is 165 Å². The summed E-state index contributed by atoms with van der Waals surface area (Å²) in [5, 5.41) is 21.9. The molecule has 61 heavy (non-hydrogen) atoms. The van der Waals surface area contributed by atoms with Gasteiger partial charge >= 0.3 is 37.7 Å². The van der Waals surface area contributed by atoms with Gasteiger partial charge in [0.1, 0.15) is 27.4 Å². The number of rotatable bonds is 28. The standard InChI is InChI=1S/2C24H34O5S.Ca/c2*1-2-3-4-5-6-7-8-9-10-11-14-20-19-21(30(26,27)28)17-18-23(20)29-24-16-13-12-15-22(24)25;/h2*12-13,15-19,25H,2-11,14H2,1H3,(H,26,27,28);/q;;+2/p-2. The molecule has 0 bridgehead atoms. The number of aromatic hydroxyl groups is 1. The Morgan fingerprint density at radius 1 is 0.492 bits per heavy atom. The van der Waals surface area contributed by atoms with E-state index in [0.717, 1.165) is 38.5 Å². The van der Waals surface area contributed by atoms with Crippen LogP contribution in [0.3, 0.4) is 0 Å². The fraction of sp³-hybridized carbons (Fsp3) is 0.500. The Morgan fingerprint density at radius 2 is 0.869 bits per heavy atom. The van der Waals surface area contributed by atoms with Gasteiger partial charge in [-0.15, -0.1) is 0 Å². The maximum atomic E-state index is 11.9. The van der Waals surface area contributed by atoms with E-state index in [1.807, 2.05) is 0 Å². The predicted molar refractivity (Wildman–Crippen MR) is 242 cm³/mol. The Morgan fingerprint density at radius 3 is 1.30 bits per heavy atom. The first kappa shape index (κ1) is 54.3. The fourth-order valence-electron chi connectivity index (χ4n) is 6.94. The molecule has 0 aliphatic carbocycles. The van der Waals surface area contributed by atoms with Crippen molar-refractivity contribution in [3.8, 4) is 34.5 Å². The summed E-state index contributed by atoms with van der Waals surface area (Å²) >= 11 is 0. The molecule has 0 fully saturated rings. The van der Waals surface area contributed by atoms with Gasteiger partial charge in [-0.2, -0.15) is 8.42 Å². The minimum Gasteiger partial charge on any atom is -0.870 e. The van der Waals surface area contributed by atoms with Crippen molar-refractivity contribution in [3.63, 3.8) is 0 Å². The van der Waals surface area contributed by atoms with Crippen LogP contribution in [0, 0.1) is 0 Å². The summed E-state index contributed by atoms with van der Waals surface area (Å²) < 4.78 is 78.2. The number of ether oxygens (including phenoxy) is 2. The van der Waals surface area contributed by atoms with Crippen LogP contribution >= 0.6 is 0 Å². The SMILES string of the molecule is CCCCCCCCCCCCc1cc(S(=O)(=O)O)ccc1Oc1ccccc1O.CCCCCCCCCCCCc1cc(S(=O)(=O)[O-])ccc1Oc1ccccc1[O-].[Ca+2]. The van der Waals surface area contributed by atoms with Gasteiger partial charge in [0.2, 0.25) is 0 Å². The first-order valence-electron chi connectivity index (χ1n) is 21.9. The maximum Gasteiger partial charge on any atom is 2.00 e. The summed E-state index contributed by atoms with van der Waals surface area (Å²) in [5.41, 5.74) is 1.34. The molecular formula is C48H66CaO10S2. The van der Waals surface area contributed by atoms with Crippen LogP contribution in [0.5, 0.6) is 34.5 Å². The zero-order chi connectivity index (χ0) is 43.6. The van der Waals surface area contributed by atoms with Crippen molar-refractivity contribution in [1.29, 1.82) is 0 Å². The number of phenolic OH excluding ortho intramolecular Hbond substituents is 1. The average Bonchev–Trinajstić information content (AvgIpc) is 3.21. The molecule has 0 spiro atoms. The van der Waals surface area contributed by atoms with Gasteiger partial charge in [-0.25, -0.2) is 8.42 Å². The van der Waals surface area contributed by atoms with Gasteiger partial charge in [-0.1, -0.05) is 166 Å². The summed E-state index contributed by atoms with van der Waals surface area (Å²) in [6.07, 6.45) is 25.4. The van der Waals surface area contributed by atoms with Crippen molar-refractivity contribution in [1.82, 2.24) is 0 Å². The molecule has 4 aromatic rings. The molecule has 0 saturated carbocycles. The maximum absolute atomic E-state index is 11.9. The zero-order valence-electron chi connectivity index (χ0n) is 36.3. The molecule has 0 aliphatic rings. The van der Waals surface area contributed by atoms with Crippen LogP contribution in [0.2, 0.25) is 0 Å². The van der Waals surface area contributed by atoms with Gasteiger partial charge in [-0.3, -0.25) is 4.55 Å². The third-order valence-corrected chi connectivity index (χ3v) is 12.1. The van der Waals surface area contributed by atoms with Gasteiger partial charge in [0, 0.05) is 0 Å². The Balaban J connectivity index is 0.000000413. The van der Waals surface area contributed by atoms with E-state index in [4.69, 9.17) is 9.47 Å². The van der Waals surface area contributed by atoms with E-state index < -0.39 is 20.2 Å². The van der Waals surface area contributed by atoms with Gasteiger partial charge in [0.25, 0.3) is 10.1 Å². The number of aryl methyl sites for hydroxylation is 2. The number of benzene rings is 4. The second-order valence-electron chi connectivity index (χ2n) is 15.5. The van der Waals surface area contributed by atoms with Crippen molar-refractivity contribution < 1.29 is 45.6 Å². The van der Waals surface area contributed by atoms with E-state index in [9.17, 15) is 36.2 Å². The molecule has 332 valence electrons. The number of phenols is 1. The molecule has 0 unspecified atom stereocenters. The Labute approximate surface area is 396 Å². The minimum absolute atomic E-state index is 0. The third-order valence-electron chi connectivity index (χ3n) is 10.4. The Hall–Kier alpha value is -2.84. The minimum atomic E-state index is -4.54. The first-order chi connectivity index (χ1) is 28.8. The molecule has 10 nitrogen and oxygen atoms in total. The molecule has 0 atom stereocenters. The van der Waals surface area contributed by atoms with Crippen LogP contribution in [0.15, 0.2) is 94.7 Å². The predicted octanol–water partition coefficient (Wildman–Crippen LogP) is 12.4. The molecule has 2 N–H and O–H groups in total. The van der Waals surface area contributed by atoms with Gasteiger partial charge in [0.15, 0.2) is 11.5 Å². The van der Waals surface area contributed by atoms with Crippen molar-refractivity contribution in [3.05, 3.63) is 96.1 Å². The summed E-state index contributed by atoms with van der Waals surface area (Å²) in [6, 6.07) is 21.3. The van der Waals surface area contributed by atoms with E-state index in [1.54, 1.807) is 36.4 Å². The average molecular weight is 907 g/mol. The molecule has 0 aromatic heterocycles. The molecule has 0 amide bonds. The van der Waals surface area contributed by atoms with Gasteiger partial charge in [0.05, 0.1) is 9.79 Å². The van der Waals surface area contributed by atoms with E-state index in [0.29, 0.717) is 41.2 Å². The van der Waals surface area contributed by atoms with Crippen LogP contribution in [0.4, 0.5) is 0 Å². The van der Waals surface area contributed by atoms with Crippen molar-refractivity contribution >= 4 is 58.0 Å². The summed E-state index contributed by atoms with van der Waals surface area (Å²) in [6.45, 7) is 4.45. The monoisotopic (exact) mass is 906 g/mol. The van der Waals surface area contributed by atoms with Crippen molar-refractivity contribution in [2.24, 2.45) is 0 Å². The summed E-state index contributed by atoms with van der Waals surface area (Å²) in [7, 11) is -8.82. The number of para-hydroxylation sites is 4. The van der Waals surface area contributed by atoms with E-state index in [-0.39, 0.29) is 64.8 Å². The Bertz CT molecular complexity index is 1910. The third kappa shape index (κ3) is 21.9. The van der Waals surface area contributed by atoms with Gasteiger partial charge < -0.3 is 24.2 Å². The molecule has 4 rings (SSSR count). The number of unbranched alkanes of at least 4 members (excludes halogenated alkanes) is 18. The fourth-order valence-corrected chi connectivity index (χ4v) is 7.99. The van der Waals surface area contributed by atoms with Crippen LogP contribution in [-0.2, 0) is 33.1 Å². The molecule has 13 heteroatoms. The van der Waals surface area contributed by atoms with Crippen LogP contribution in [0.25, 0.3) is 0 Å². The molecule has 4 aromatic carbocycles. The normalized spacial score (nSPS) is 11.3. The topological polar surface area (TPSA) is 173 Å². The van der Waals surface area contributed by atoms with Crippen LogP contribution in [-0.4, -0.2) is 68.8 Å². The summed E-state index contributed by atoms with van der Waals surface area (Å²) in [4.78, 5) is -0.415. The largest absolute Gasteiger partial charge is 2.00 e. The molecule has 0 saturated heterocycles. The second kappa shape index (κ2) is 30.3. The first-order valence-corrected chi connectivity index (χ1v) is 24.8. The van der Waals surface area contributed by atoms with E-state index >= 15 is 0 Å². The molecule has 0 aliphatic heterocycles. The van der Waals surface area contributed by atoms with E-state index in [1.165, 1.54) is 138 Å². The molecule has 0 radical (unpaired) electrons. The number of hydrogen-bond donors (Lipinski definition) is 2.